The molecular formula is C15H12N2. The van der Waals surface area contributed by atoms with Crippen molar-refractivity contribution in [2.75, 3.05) is 0 Å². The summed E-state index contributed by atoms with van der Waals surface area (Å²) in [5.41, 5.74) is 3.25. The molecule has 0 saturated heterocycles. The van der Waals surface area contributed by atoms with Gasteiger partial charge in [-0.2, -0.15) is 0 Å². The second-order valence-electron chi connectivity index (χ2n) is 3.88. The normalized spacial score (nSPS) is 14.2. The minimum Gasteiger partial charge on any atom is -0.361 e. The summed E-state index contributed by atoms with van der Waals surface area (Å²) >= 11 is 0. The monoisotopic (exact) mass is 220 g/mol. The molecule has 0 radical (unpaired) electrons. The number of hydrogen-bond donors (Lipinski definition) is 1. The van der Waals surface area contributed by atoms with E-state index in [9.17, 15) is 0 Å². The average Bonchev–Trinajstić information content (AvgIpc) is 2.67. The maximum atomic E-state index is 4.37. The number of aromatic nitrogens is 1. The molecule has 82 valence electrons. The molecule has 0 bridgehead atoms. The van der Waals surface area contributed by atoms with E-state index in [2.05, 4.69) is 40.6 Å². The van der Waals surface area contributed by atoms with Crippen molar-refractivity contribution in [1.29, 1.82) is 0 Å². The summed E-state index contributed by atoms with van der Waals surface area (Å²) in [7, 11) is 0. The van der Waals surface area contributed by atoms with Crippen molar-refractivity contribution in [2.24, 2.45) is 0 Å². The molecule has 0 saturated carbocycles. The number of allylic oxidation sites excluding steroid dienone is 4. The van der Waals surface area contributed by atoms with Crippen molar-refractivity contribution >= 4 is 16.6 Å². The lowest BCUT2D eigenvalue weighted by atomic mass is 10.1. The van der Waals surface area contributed by atoms with Crippen LogP contribution in [-0.2, 0) is 0 Å². The van der Waals surface area contributed by atoms with Gasteiger partial charge in [0.2, 0.25) is 0 Å². The molecule has 0 aliphatic carbocycles. The lowest BCUT2D eigenvalue weighted by Crippen LogP contribution is -2.02. The van der Waals surface area contributed by atoms with E-state index < -0.39 is 0 Å². The van der Waals surface area contributed by atoms with E-state index in [4.69, 9.17) is 0 Å². The summed E-state index contributed by atoms with van der Waals surface area (Å²) in [4.78, 5) is 4.37. The summed E-state index contributed by atoms with van der Waals surface area (Å²) in [6, 6.07) is 10.3. The first-order chi connectivity index (χ1) is 8.43. The minimum atomic E-state index is 1.02. The van der Waals surface area contributed by atoms with Gasteiger partial charge in [-0.3, -0.25) is 4.98 Å². The summed E-state index contributed by atoms with van der Waals surface area (Å²) in [6.07, 6.45) is 11.8. The van der Waals surface area contributed by atoms with Crippen LogP contribution in [0.1, 0.15) is 5.56 Å². The van der Waals surface area contributed by atoms with Gasteiger partial charge >= 0.3 is 0 Å². The third-order valence-corrected chi connectivity index (χ3v) is 2.74. The van der Waals surface area contributed by atoms with E-state index in [0.29, 0.717) is 0 Å². The minimum absolute atomic E-state index is 1.02. The van der Waals surface area contributed by atoms with Crippen LogP contribution < -0.4 is 5.32 Å². The number of fused-ring (bicyclic) bond motifs is 1. The van der Waals surface area contributed by atoms with E-state index in [1.54, 1.807) is 0 Å². The zero-order valence-corrected chi connectivity index (χ0v) is 9.30. The molecule has 0 amide bonds. The zero-order chi connectivity index (χ0) is 11.5. The fraction of sp³-hybridized carbons (Fsp3) is 0. The van der Waals surface area contributed by atoms with E-state index in [1.807, 2.05) is 36.7 Å². The van der Waals surface area contributed by atoms with Gasteiger partial charge in [0.05, 0.1) is 5.52 Å². The van der Waals surface area contributed by atoms with Crippen LogP contribution in [0.5, 0.6) is 0 Å². The van der Waals surface area contributed by atoms with Crippen LogP contribution >= 0.6 is 0 Å². The van der Waals surface area contributed by atoms with E-state index in [0.717, 1.165) is 22.2 Å². The van der Waals surface area contributed by atoms with E-state index in [1.165, 1.54) is 0 Å². The van der Waals surface area contributed by atoms with Crippen LogP contribution in [0.4, 0.5) is 0 Å². The molecule has 3 rings (SSSR count). The molecule has 0 fully saturated rings. The number of nitrogens with zero attached hydrogens (tertiary/aromatic N) is 1. The maximum absolute atomic E-state index is 4.37. The van der Waals surface area contributed by atoms with Crippen LogP contribution in [0.25, 0.3) is 16.6 Å². The van der Waals surface area contributed by atoms with E-state index in [-0.39, 0.29) is 0 Å². The number of benzene rings is 1. The van der Waals surface area contributed by atoms with Gasteiger partial charge in [0, 0.05) is 29.0 Å². The Hall–Kier alpha value is -2.35. The molecular weight excluding hydrogens is 208 g/mol. The first-order valence-electron chi connectivity index (χ1n) is 5.59. The quantitative estimate of drug-likeness (QED) is 0.798. The summed E-state index contributed by atoms with van der Waals surface area (Å²) in [5.74, 6) is 0. The molecule has 17 heavy (non-hydrogen) atoms. The Balaban J connectivity index is 2.09. The Kier molecular flexibility index (Phi) is 2.47. The SMILES string of the molecule is C1=CC=C(c2ccc3cccnc3c2)NC=C1. The van der Waals surface area contributed by atoms with Crippen molar-refractivity contribution in [1.82, 2.24) is 10.3 Å². The standard InChI is InChI=1S/C15H12N2/c1-2-6-14(16-9-3-1)13-8-7-12-5-4-10-17-15(12)11-13/h1-11,16H. The van der Waals surface area contributed by atoms with Crippen molar-refractivity contribution in [2.45, 2.75) is 0 Å². The van der Waals surface area contributed by atoms with Crippen LogP contribution in [0.3, 0.4) is 0 Å². The molecule has 0 spiro atoms. The third kappa shape index (κ3) is 1.97. The molecule has 1 aliphatic rings. The topological polar surface area (TPSA) is 24.9 Å². The summed E-state index contributed by atoms with van der Waals surface area (Å²) in [6.45, 7) is 0. The lowest BCUT2D eigenvalue weighted by molar-refractivity contribution is 1.22. The molecule has 1 aromatic heterocycles. The van der Waals surface area contributed by atoms with Gasteiger partial charge in [0.15, 0.2) is 0 Å². The van der Waals surface area contributed by atoms with Crippen LogP contribution in [0, 0.1) is 0 Å². The highest BCUT2D eigenvalue weighted by Gasteiger charge is 2.01. The molecule has 0 unspecified atom stereocenters. The molecule has 1 N–H and O–H groups in total. The van der Waals surface area contributed by atoms with Gasteiger partial charge in [-0.25, -0.2) is 0 Å². The van der Waals surface area contributed by atoms with Gasteiger partial charge in [0.25, 0.3) is 0 Å². The van der Waals surface area contributed by atoms with Gasteiger partial charge < -0.3 is 5.32 Å². The van der Waals surface area contributed by atoms with E-state index >= 15 is 0 Å². The van der Waals surface area contributed by atoms with Crippen molar-refractivity contribution in [3.8, 4) is 0 Å². The maximum Gasteiger partial charge on any atom is 0.0708 e. The van der Waals surface area contributed by atoms with Crippen LogP contribution in [0.15, 0.2) is 67.0 Å². The second kappa shape index (κ2) is 4.26. The van der Waals surface area contributed by atoms with Crippen molar-refractivity contribution < 1.29 is 0 Å². The lowest BCUT2D eigenvalue weighted by Gasteiger charge is -2.07. The highest BCUT2D eigenvalue weighted by Crippen LogP contribution is 2.18. The Morgan fingerprint density at radius 3 is 3.00 bits per heavy atom. The van der Waals surface area contributed by atoms with Crippen molar-refractivity contribution in [3.05, 3.63) is 72.6 Å². The Morgan fingerprint density at radius 1 is 1.00 bits per heavy atom. The Bertz CT molecular complexity index is 636. The molecule has 0 atom stereocenters. The highest BCUT2D eigenvalue weighted by molar-refractivity contribution is 5.83. The van der Waals surface area contributed by atoms with Crippen LogP contribution in [0.2, 0.25) is 0 Å². The third-order valence-electron chi connectivity index (χ3n) is 2.74. The van der Waals surface area contributed by atoms with Gasteiger partial charge in [-0.05, 0) is 24.3 Å². The number of nitrogens with one attached hydrogen (secondary N) is 1. The van der Waals surface area contributed by atoms with Gasteiger partial charge in [0.1, 0.15) is 0 Å². The number of hydrogen-bond acceptors (Lipinski definition) is 2. The largest absolute Gasteiger partial charge is 0.361 e. The molecule has 2 aromatic rings. The Labute approximate surface area is 100.0 Å². The Morgan fingerprint density at radius 2 is 2.00 bits per heavy atom. The fourth-order valence-corrected chi connectivity index (χ4v) is 1.87. The van der Waals surface area contributed by atoms with Crippen molar-refractivity contribution in [3.63, 3.8) is 0 Å². The first-order valence-corrected chi connectivity index (χ1v) is 5.59. The number of rotatable bonds is 1. The highest BCUT2D eigenvalue weighted by atomic mass is 14.8. The summed E-state index contributed by atoms with van der Waals surface area (Å²) < 4.78 is 0. The smallest absolute Gasteiger partial charge is 0.0708 e. The summed E-state index contributed by atoms with van der Waals surface area (Å²) in [5, 5.41) is 4.42. The second-order valence-corrected chi connectivity index (χ2v) is 3.88. The fourth-order valence-electron chi connectivity index (χ4n) is 1.87. The predicted molar refractivity (Wildman–Crippen MR) is 71.1 cm³/mol. The number of pyridine rings is 1. The average molecular weight is 220 g/mol. The zero-order valence-electron chi connectivity index (χ0n) is 9.30. The van der Waals surface area contributed by atoms with Gasteiger partial charge in [-0.15, -0.1) is 0 Å². The molecule has 2 heteroatoms. The molecule has 2 heterocycles. The first kappa shape index (κ1) is 9.85. The molecule has 1 aliphatic heterocycles. The predicted octanol–water partition coefficient (Wildman–Crippen LogP) is 3.25. The molecule has 1 aromatic carbocycles. The molecule has 2 nitrogen and oxygen atoms in total. The van der Waals surface area contributed by atoms with Crippen LogP contribution in [-0.4, -0.2) is 4.98 Å². The van der Waals surface area contributed by atoms with Gasteiger partial charge in [-0.1, -0.05) is 30.4 Å².